The molecule has 1 fully saturated rings. The Kier molecular flexibility index (Phi) is 2.98. The van der Waals surface area contributed by atoms with Crippen molar-refractivity contribution in [3.63, 3.8) is 0 Å². The summed E-state index contributed by atoms with van der Waals surface area (Å²) in [5.74, 6) is 0.608. The van der Waals surface area contributed by atoms with Crippen LogP contribution >= 0.6 is 12.6 Å². The van der Waals surface area contributed by atoms with Crippen LogP contribution in [-0.2, 0) is 0 Å². The van der Waals surface area contributed by atoms with E-state index in [0.717, 1.165) is 11.4 Å². The first kappa shape index (κ1) is 11.5. The van der Waals surface area contributed by atoms with E-state index in [4.69, 9.17) is 0 Å². The van der Waals surface area contributed by atoms with Crippen LogP contribution in [0, 0.1) is 11.3 Å². The maximum atomic E-state index is 11.8. The van der Waals surface area contributed by atoms with E-state index >= 15 is 0 Å². The van der Waals surface area contributed by atoms with Crippen LogP contribution in [0.5, 0.6) is 0 Å². The second-order valence-corrected chi connectivity index (χ2v) is 5.60. The predicted molar refractivity (Wildman–Crippen MR) is 67.9 cm³/mol. The number of benzene rings is 1. The minimum absolute atomic E-state index is 0.0201. The zero-order valence-corrected chi connectivity index (χ0v) is 10.6. The van der Waals surface area contributed by atoms with Gasteiger partial charge in [-0.3, -0.25) is 4.79 Å². The van der Waals surface area contributed by atoms with Crippen molar-refractivity contribution in [1.29, 1.82) is 0 Å². The molecule has 1 amide bonds. The molecule has 0 radical (unpaired) electrons. The third kappa shape index (κ3) is 2.40. The van der Waals surface area contributed by atoms with E-state index in [0.29, 0.717) is 16.9 Å². The highest BCUT2D eigenvalue weighted by molar-refractivity contribution is 7.80. The molecule has 1 aromatic rings. The topological polar surface area (TPSA) is 29.1 Å². The first-order valence-electron chi connectivity index (χ1n) is 5.57. The van der Waals surface area contributed by atoms with E-state index in [1.807, 2.05) is 18.2 Å². The van der Waals surface area contributed by atoms with Gasteiger partial charge in [-0.25, -0.2) is 0 Å². The number of hydrogen-bond donors (Lipinski definition) is 2. The Hall–Kier alpha value is -0.960. The highest BCUT2D eigenvalue weighted by Crippen LogP contribution is 2.50. The highest BCUT2D eigenvalue weighted by atomic mass is 32.1. The average Bonchev–Trinajstić information content (AvgIpc) is 2.84. The molecule has 0 bridgehead atoms. The van der Waals surface area contributed by atoms with Crippen LogP contribution in [0.2, 0.25) is 0 Å². The maximum absolute atomic E-state index is 11.8. The zero-order valence-electron chi connectivity index (χ0n) is 9.66. The van der Waals surface area contributed by atoms with Gasteiger partial charge in [0.25, 0.3) is 5.91 Å². The van der Waals surface area contributed by atoms with Crippen LogP contribution in [0.4, 0.5) is 0 Å². The number of nitrogens with one attached hydrogen (secondary N) is 1. The summed E-state index contributed by atoms with van der Waals surface area (Å²) in [5.41, 5.74) is 1.07. The number of carbonyl (C=O) groups excluding carboxylic acids is 1. The molecule has 0 aliphatic heterocycles. The Morgan fingerprint density at radius 2 is 2.12 bits per heavy atom. The van der Waals surface area contributed by atoms with Gasteiger partial charge >= 0.3 is 0 Å². The fourth-order valence-corrected chi connectivity index (χ4v) is 2.16. The van der Waals surface area contributed by atoms with Crippen molar-refractivity contribution in [2.45, 2.75) is 25.2 Å². The van der Waals surface area contributed by atoms with Gasteiger partial charge in [0.2, 0.25) is 0 Å². The summed E-state index contributed by atoms with van der Waals surface area (Å²) in [6.07, 6.45) is 1.20. The van der Waals surface area contributed by atoms with E-state index in [1.54, 1.807) is 6.07 Å². The van der Waals surface area contributed by atoms with Gasteiger partial charge in [0, 0.05) is 11.4 Å². The van der Waals surface area contributed by atoms with E-state index < -0.39 is 0 Å². The average molecular weight is 235 g/mol. The Balaban J connectivity index is 1.92. The van der Waals surface area contributed by atoms with Crippen LogP contribution < -0.4 is 5.32 Å². The minimum atomic E-state index is -0.0201. The smallest absolute Gasteiger partial charge is 0.252 e. The Morgan fingerprint density at radius 3 is 2.69 bits per heavy atom. The minimum Gasteiger partial charge on any atom is -0.352 e. The fraction of sp³-hybridized carbons (Fsp3) is 0.462. The molecule has 1 N–H and O–H groups in total. The van der Waals surface area contributed by atoms with Crippen molar-refractivity contribution in [3.05, 3.63) is 29.8 Å². The van der Waals surface area contributed by atoms with Crippen molar-refractivity contribution < 1.29 is 4.79 Å². The molecule has 1 aliphatic rings. The maximum Gasteiger partial charge on any atom is 0.252 e. The summed E-state index contributed by atoms with van der Waals surface area (Å²) in [6, 6.07) is 7.37. The van der Waals surface area contributed by atoms with Crippen molar-refractivity contribution in [2.24, 2.45) is 11.3 Å². The largest absolute Gasteiger partial charge is 0.352 e. The number of rotatable bonds is 3. The van der Waals surface area contributed by atoms with Crippen LogP contribution in [0.1, 0.15) is 30.6 Å². The van der Waals surface area contributed by atoms with Crippen molar-refractivity contribution >= 4 is 18.5 Å². The van der Waals surface area contributed by atoms with Crippen LogP contribution in [0.25, 0.3) is 0 Å². The van der Waals surface area contributed by atoms with Gasteiger partial charge in [-0.1, -0.05) is 26.0 Å². The molecule has 3 heteroatoms. The second-order valence-electron chi connectivity index (χ2n) is 5.12. The lowest BCUT2D eigenvalue weighted by molar-refractivity contribution is 0.0947. The third-order valence-corrected chi connectivity index (χ3v) is 3.77. The SMILES string of the molecule is CC1(C)CC1CNC(=O)c1ccccc1S. The predicted octanol–water partition coefficient (Wildman–Crippen LogP) is 2.75. The first-order chi connectivity index (χ1) is 7.50. The molecular formula is C13H17NOS. The summed E-state index contributed by atoms with van der Waals surface area (Å²) in [4.78, 5) is 12.6. The van der Waals surface area contributed by atoms with Crippen molar-refractivity contribution in [3.8, 4) is 0 Å². The van der Waals surface area contributed by atoms with Crippen molar-refractivity contribution in [1.82, 2.24) is 5.32 Å². The molecular weight excluding hydrogens is 218 g/mol. The molecule has 1 atom stereocenters. The molecule has 0 spiro atoms. The first-order valence-corrected chi connectivity index (χ1v) is 6.01. The summed E-state index contributed by atoms with van der Waals surface area (Å²) in [5, 5.41) is 2.97. The zero-order chi connectivity index (χ0) is 11.8. The molecule has 2 rings (SSSR count). The quantitative estimate of drug-likeness (QED) is 0.775. The monoisotopic (exact) mass is 235 g/mol. The van der Waals surface area contributed by atoms with Gasteiger partial charge in [0.1, 0.15) is 0 Å². The number of carbonyl (C=O) groups is 1. The van der Waals surface area contributed by atoms with Crippen LogP contribution in [0.3, 0.4) is 0 Å². The molecule has 2 nitrogen and oxygen atoms in total. The highest BCUT2D eigenvalue weighted by Gasteiger charge is 2.45. The van der Waals surface area contributed by atoms with Gasteiger partial charge < -0.3 is 5.32 Å². The summed E-state index contributed by atoms with van der Waals surface area (Å²) in [7, 11) is 0. The molecule has 1 aromatic carbocycles. The Morgan fingerprint density at radius 1 is 1.50 bits per heavy atom. The lowest BCUT2D eigenvalue weighted by atomic mass is 10.1. The van der Waals surface area contributed by atoms with Crippen LogP contribution in [0.15, 0.2) is 29.2 Å². The van der Waals surface area contributed by atoms with Gasteiger partial charge in [0.15, 0.2) is 0 Å². The van der Waals surface area contributed by atoms with E-state index in [2.05, 4.69) is 31.8 Å². The van der Waals surface area contributed by atoms with Crippen molar-refractivity contribution in [2.75, 3.05) is 6.54 Å². The molecule has 1 aliphatic carbocycles. The van der Waals surface area contributed by atoms with E-state index in [-0.39, 0.29) is 5.91 Å². The molecule has 0 heterocycles. The van der Waals surface area contributed by atoms with Gasteiger partial charge in [0.05, 0.1) is 5.56 Å². The number of hydrogen-bond acceptors (Lipinski definition) is 2. The molecule has 0 saturated heterocycles. The summed E-state index contributed by atoms with van der Waals surface area (Å²) < 4.78 is 0. The van der Waals surface area contributed by atoms with Gasteiger partial charge in [-0.2, -0.15) is 0 Å². The molecule has 86 valence electrons. The Bertz CT molecular complexity index is 414. The fourth-order valence-electron chi connectivity index (χ4n) is 1.90. The Labute approximate surface area is 102 Å². The number of amides is 1. The van der Waals surface area contributed by atoms with Gasteiger partial charge in [-0.15, -0.1) is 12.6 Å². The number of thiol groups is 1. The van der Waals surface area contributed by atoms with Gasteiger partial charge in [-0.05, 0) is 29.9 Å². The summed E-state index contributed by atoms with van der Waals surface area (Å²) >= 11 is 4.27. The standard InChI is InChI=1S/C13H17NOS/c1-13(2)7-9(13)8-14-12(15)10-5-3-4-6-11(10)16/h3-6,9,16H,7-8H2,1-2H3,(H,14,15). The molecule has 1 saturated carbocycles. The third-order valence-electron chi connectivity index (χ3n) is 3.38. The summed E-state index contributed by atoms with van der Waals surface area (Å²) in [6.45, 7) is 5.24. The van der Waals surface area contributed by atoms with E-state index in [1.165, 1.54) is 6.42 Å². The van der Waals surface area contributed by atoms with Crippen LogP contribution in [-0.4, -0.2) is 12.5 Å². The molecule has 1 unspecified atom stereocenters. The second kappa shape index (κ2) is 4.13. The van der Waals surface area contributed by atoms with E-state index in [9.17, 15) is 4.79 Å². The lowest BCUT2D eigenvalue weighted by Gasteiger charge is -2.07. The molecule has 16 heavy (non-hydrogen) atoms. The molecule has 0 aromatic heterocycles. The lowest BCUT2D eigenvalue weighted by Crippen LogP contribution is -2.26. The normalized spacial score (nSPS) is 21.6.